The van der Waals surface area contributed by atoms with Crippen LogP contribution in [-0.2, 0) is 22.5 Å². The average Bonchev–Trinajstić information content (AvgIpc) is 2.61. The Morgan fingerprint density at radius 3 is 3.00 bits per heavy atom. The third-order valence-electron chi connectivity index (χ3n) is 3.77. The first kappa shape index (κ1) is 16.0. The number of hydrogen-bond acceptors (Lipinski definition) is 5. The van der Waals surface area contributed by atoms with E-state index in [4.69, 9.17) is 9.47 Å². The molecular weight excluding hydrogens is 308 g/mol. The first-order valence-electron chi connectivity index (χ1n) is 7.82. The number of amides is 1. The molecule has 1 amide bonds. The highest BCUT2D eigenvalue weighted by Gasteiger charge is 2.30. The van der Waals surface area contributed by atoms with Gasteiger partial charge in [0.05, 0.1) is 12.2 Å². The number of nitrogens with one attached hydrogen (secondary N) is 1. The standard InChI is InChI=1S/C18H18N2O4/c1-2-23-17-13(7-5-9-19-17)11-20-16(21)15-10-12-6-3-4-8-14(12)18(22)24-15/h3-9,15H,2,10-11H2,1H3,(H,20,21). The number of hydrogen-bond donors (Lipinski definition) is 1. The van der Waals surface area contributed by atoms with E-state index in [0.29, 0.717) is 24.5 Å². The van der Waals surface area contributed by atoms with E-state index < -0.39 is 12.1 Å². The van der Waals surface area contributed by atoms with Crippen LogP contribution in [0.3, 0.4) is 0 Å². The number of fused-ring (bicyclic) bond motifs is 1. The quantitative estimate of drug-likeness (QED) is 0.849. The number of ether oxygens (including phenoxy) is 2. The van der Waals surface area contributed by atoms with Gasteiger partial charge in [-0.05, 0) is 24.6 Å². The summed E-state index contributed by atoms with van der Waals surface area (Å²) in [6.45, 7) is 2.63. The van der Waals surface area contributed by atoms with Gasteiger partial charge in [0.25, 0.3) is 5.91 Å². The highest BCUT2D eigenvalue weighted by atomic mass is 16.5. The van der Waals surface area contributed by atoms with Crippen molar-refractivity contribution in [2.75, 3.05) is 6.61 Å². The fourth-order valence-electron chi connectivity index (χ4n) is 2.60. The number of rotatable bonds is 5. The number of carbonyl (C=O) groups excluding carboxylic acids is 2. The number of esters is 1. The fourth-order valence-corrected chi connectivity index (χ4v) is 2.60. The lowest BCUT2D eigenvalue weighted by Crippen LogP contribution is -2.41. The summed E-state index contributed by atoms with van der Waals surface area (Å²) in [5.74, 6) is -0.302. The lowest BCUT2D eigenvalue weighted by molar-refractivity contribution is -0.130. The number of aromatic nitrogens is 1. The molecule has 124 valence electrons. The second-order valence-electron chi connectivity index (χ2n) is 5.37. The van der Waals surface area contributed by atoms with Crippen LogP contribution in [0, 0.1) is 0 Å². The Morgan fingerprint density at radius 2 is 2.17 bits per heavy atom. The van der Waals surface area contributed by atoms with E-state index in [9.17, 15) is 9.59 Å². The van der Waals surface area contributed by atoms with E-state index in [1.165, 1.54) is 0 Å². The van der Waals surface area contributed by atoms with Crippen LogP contribution in [0.2, 0.25) is 0 Å². The molecule has 1 atom stereocenters. The van der Waals surface area contributed by atoms with Crippen molar-refractivity contribution in [3.8, 4) is 5.88 Å². The van der Waals surface area contributed by atoms with Crippen LogP contribution in [0.4, 0.5) is 0 Å². The molecule has 1 aliphatic rings. The van der Waals surface area contributed by atoms with Crippen molar-refractivity contribution in [3.05, 3.63) is 59.3 Å². The third-order valence-corrected chi connectivity index (χ3v) is 3.77. The summed E-state index contributed by atoms with van der Waals surface area (Å²) in [5, 5.41) is 2.78. The molecule has 1 unspecified atom stereocenters. The molecule has 1 aromatic heterocycles. The van der Waals surface area contributed by atoms with Gasteiger partial charge in [0.1, 0.15) is 0 Å². The predicted octanol–water partition coefficient (Wildman–Crippen LogP) is 1.88. The predicted molar refractivity (Wildman–Crippen MR) is 86.6 cm³/mol. The third kappa shape index (κ3) is 3.37. The van der Waals surface area contributed by atoms with E-state index in [0.717, 1.165) is 11.1 Å². The van der Waals surface area contributed by atoms with Gasteiger partial charge >= 0.3 is 5.97 Å². The molecule has 0 spiro atoms. The van der Waals surface area contributed by atoms with Crippen LogP contribution in [0.1, 0.15) is 28.4 Å². The number of benzene rings is 1. The molecule has 6 heteroatoms. The number of nitrogens with zero attached hydrogens (tertiary/aromatic N) is 1. The van der Waals surface area contributed by atoms with Gasteiger partial charge < -0.3 is 14.8 Å². The highest BCUT2D eigenvalue weighted by molar-refractivity contribution is 5.95. The first-order valence-corrected chi connectivity index (χ1v) is 7.82. The van der Waals surface area contributed by atoms with Gasteiger partial charge in [-0.1, -0.05) is 24.3 Å². The van der Waals surface area contributed by atoms with Gasteiger partial charge in [0, 0.05) is 24.7 Å². The number of carbonyl (C=O) groups is 2. The molecule has 1 aliphatic heterocycles. The maximum Gasteiger partial charge on any atom is 0.339 e. The molecule has 2 aromatic rings. The maximum absolute atomic E-state index is 12.3. The summed E-state index contributed by atoms with van der Waals surface area (Å²) >= 11 is 0. The van der Waals surface area contributed by atoms with Crippen molar-refractivity contribution < 1.29 is 19.1 Å². The van der Waals surface area contributed by atoms with Crippen molar-refractivity contribution in [1.82, 2.24) is 10.3 Å². The van der Waals surface area contributed by atoms with Crippen molar-refractivity contribution in [3.63, 3.8) is 0 Å². The normalized spacial score (nSPS) is 16.0. The van der Waals surface area contributed by atoms with Gasteiger partial charge in [-0.15, -0.1) is 0 Å². The Balaban J connectivity index is 1.65. The average molecular weight is 326 g/mol. The molecule has 0 radical (unpaired) electrons. The van der Waals surface area contributed by atoms with Crippen molar-refractivity contribution in [1.29, 1.82) is 0 Å². The summed E-state index contributed by atoms with van der Waals surface area (Å²) < 4.78 is 10.7. The van der Waals surface area contributed by atoms with Crippen molar-refractivity contribution >= 4 is 11.9 Å². The SMILES string of the molecule is CCOc1ncccc1CNC(=O)C1Cc2ccccc2C(=O)O1. The lowest BCUT2D eigenvalue weighted by atomic mass is 9.98. The van der Waals surface area contributed by atoms with Crippen LogP contribution in [0.15, 0.2) is 42.6 Å². The van der Waals surface area contributed by atoms with E-state index in [1.54, 1.807) is 24.4 Å². The molecule has 1 N–H and O–H groups in total. The topological polar surface area (TPSA) is 77.5 Å². The number of cyclic esters (lactones) is 1. The Hall–Kier alpha value is -2.89. The molecule has 0 saturated carbocycles. The largest absolute Gasteiger partial charge is 0.478 e. The summed E-state index contributed by atoms with van der Waals surface area (Å²) in [6.07, 6.45) is 1.19. The zero-order valence-electron chi connectivity index (χ0n) is 13.3. The van der Waals surface area contributed by atoms with Crippen molar-refractivity contribution in [2.24, 2.45) is 0 Å². The first-order chi connectivity index (χ1) is 11.7. The highest BCUT2D eigenvalue weighted by Crippen LogP contribution is 2.21. The zero-order chi connectivity index (χ0) is 16.9. The Morgan fingerprint density at radius 1 is 1.33 bits per heavy atom. The van der Waals surface area contributed by atoms with Crippen LogP contribution in [0.25, 0.3) is 0 Å². The second-order valence-corrected chi connectivity index (χ2v) is 5.37. The Labute approximate surface area is 139 Å². The summed E-state index contributed by atoms with van der Waals surface area (Å²) in [7, 11) is 0. The molecule has 2 heterocycles. The Kier molecular flexibility index (Phi) is 4.74. The smallest absolute Gasteiger partial charge is 0.339 e. The van der Waals surface area contributed by atoms with E-state index in [-0.39, 0.29) is 12.5 Å². The zero-order valence-corrected chi connectivity index (χ0v) is 13.3. The van der Waals surface area contributed by atoms with Crippen LogP contribution >= 0.6 is 0 Å². The lowest BCUT2D eigenvalue weighted by Gasteiger charge is -2.23. The molecule has 0 fully saturated rings. The minimum atomic E-state index is -0.820. The van der Waals surface area contributed by atoms with Gasteiger partial charge in [-0.2, -0.15) is 0 Å². The van der Waals surface area contributed by atoms with Crippen LogP contribution in [-0.4, -0.2) is 29.6 Å². The van der Waals surface area contributed by atoms with Gasteiger partial charge in [0.15, 0.2) is 6.10 Å². The van der Waals surface area contributed by atoms with Gasteiger partial charge in [0.2, 0.25) is 5.88 Å². The maximum atomic E-state index is 12.3. The van der Waals surface area contributed by atoms with Crippen LogP contribution < -0.4 is 10.1 Å². The van der Waals surface area contributed by atoms with E-state index >= 15 is 0 Å². The molecule has 0 saturated heterocycles. The molecule has 1 aromatic carbocycles. The van der Waals surface area contributed by atoms with E-state index in [1.807, 2.05) is 25.1 Å². The summed E-state index contributed by atoms with van der Waals surface area (Å²) in [6, 6.07) is 10.8. The van der Waals surface area contributed by atoms with Crippen LogP contribution in [0.5, 0.6) is 5.88 Å². The molecule has 0 bridgehead atoms. The summed E-state index contributed by atoms with van der Waals surface area (Å²) in [5.41, 5.74) is 2.12. The molecule has 6 nitrogen and oxygen atoms in total. The molecular formula is C18H18N2O4. The van der Waals surface area contributed by atoms with Crippen molar-refractivity contribution in [2.45, 2.75) is 26.0 Å². The number of pyridine rings is 1. The van der Waals surface area contributed by atoms with Gasteiger partial charge in [-0.25, -0.2) is 9.78 Å². The van der Waals surface area contributed by atoms with E-state index in [2.05, 4.69) is 10.3 Å². The monoisotopic (exact) mass is 326 g/mol. The molecule has 3 rings (SSSR count). The second kappa shape index (κ2) is 7.12. The minimum Gasteiger partial charge on any atom is -0.478 e. The van der Waals surface area contributed by atoms with Gasteiger partial charge in [-0.3, -0.25) is 4.79 Å². The molecule has 24 heavy (non-hydrogen) atoms. The Bertz CT molecular complexity index is 760. The minimum absolute atomic E-state index is 0.262. The summed E-state index contributed by atoms with van der Waals surface area (Å²) in [4.78, 5) is 28.5. The fraction of sp³-hybridized carbons (Fsp3) is 0.278. The molecule has 0 aliphatic carbocycles.